The summed E-state index contributed by atoms with van der Waals surface area (Å²) in [4.78, 5) is 20.8. The highest BCUT2D eigenvalue weighted by atomic mass is 32.1. The maximum Gasteiger partial charge on any atom is 0.269 e. The molecule has 1 aromatic carbocycles. The first kappa shape index (κ1) is 18.5. The molecule has 0 spiro atoms. The number of carbonyl (C=O) groups excluding carboxylic acids is 1. The van der Waals surface area contributed by atoms with Gasteiger partial charge >= 0.3 is 0 Å². The zero-order valence-corrected chi connectivity index (χ0v) is 17.3. The second kappa shape index (κ2) is 8.09. The van der Waals surface area contributed by atoms with Crippen LogP contribution in [0.5, 0.6) is 0 Å². The van der Waals surface area contributed by atoms with E-state index in [0.717, 1.165) is 51.3 Å². The normalized spacial score (nSPS) is 22.0. The van der Waals surface area contributed by atoms with E-state index in [2.05, 4.69) is 50.5 Å². The van der Waals surface area contributed by atoms with E-state index in [4.69, 9.17) is 0 Å². The Hall–Kier alpha value is -2.50. The molecule has 0 saturated carbocycles. The predicted molar refractivity (Wildman–Crippen MR) is 122 cm³/mol. The summed E-state index contributed by atoms with van der Waals surface area (Å²) >= 11 is 1.82. The molecule has 2 aliphatic heterocycles. The Bertz CT molecular complexity index is 1040. The standard InChI is InChI=1S/C24H25N3OS/c28-24-10-9-19-18(4-1-6-21(19)25-24)5-3-12-26-13-15-27(16-14-26)22-7-2-8-23-20(22)11-17-29-23/h1-2,4,6-11,17,19H,3,5,12-16H2. The van der Waals surface area contributed by atoms with Crippen molar-refractivity contribution in [3.63, 3.8) is 0 Å². The van der Waals surface area contributed by atoms with Crippen molar-refractivity contribution >= 4 is 38.7 Å². The van der Waals surface area contributed by atoms with Gasteiger partial charge in [0.25, 0.3) is 5.91 Å². The van der Waals surface area contributed by atoms with Crippen LogP contribution in [0.25, 0.3) is 10.1 Å². The molecule has 3 heterocycles. The Morgan fingerprint density at radius 1 is 1.10 bits per heavy atom. The van der Waals surface area contributed by atoms with Gasteiger partial charge in [-0.05, 0) is 49.0 Å². The Labute approximate surface area is 175 Å². The number of rotatable bonds is 5. The minimum atomic E-state index is -0.141. The van der Waals surface area contributed by atoms with Crippen LogP contribution in [0.2, 0.25) is 0 Å². The largest absolute Gasteiger partial charge is 0.368 e. The van der Waals surface area contributed by atoms with Crippen LogP contribution in [0.1, 0.15) is 12.8 Å². The summed E-state index contributed by atoms with van der Waals surface area (Å²) in [6, 6.07) is 8.90. The third-order valence-electron chi connectivity index (χ3n) is 6.09. The third kappa shape index (κ3) is 3.85. The van der Waals surface area contributed by atoms with Crippen LogP contribution in [0.15, 0.2) is 70.6 Å². The van der Waals surface area contributed by atoms with Crippen molar-refractivity contribution in [2.24, 2.45) is 10.9 Å². The molecule has 0 N–H and O–H groups in total. The molecule has 3 aliphatic rings. The van der Waals surface area contributed by atoms with Gasteiger partial charge in [0, 0.05) is 53.9 Å². The van der Waals surface area contributed by atoms with E-state index in [-0.39, 0.29) is 11.8 Å². The van der Waals surface area contributed by atoms with Crippen molar-refractivity contribution in [3.05, 3.63) is 65.6 Å². The van der Waals surface area contributed by atoms with Crippen LogP contribution in [0.4, 0.5) is 5.69 Å². The van der Waals surface area contributed by atoms with Gasteiger partial charge in [0.2, 0.25) is 0 Å². The molecular weight excluding hydrogens is 378 g/mol. The Kier molecular flexibility index (Phi) is 5.17. The molecule has 2 aromatic rings. The van der Waals surface area contributed by atoms with Gasteiger partial charge in [-0.25, -0.2) is 4.99 Å². The fraction of sp³-hybridized carbons (Fsp3) is 0.333. The lowest BCUT2D eigenvalue weighted by Crippen LogP contribution is -2.46. The van der Waals surface area contributed by atoms with Crippen molar-refractivity contribution < 1.29 is 4.79 Å². The zero-order chi connectivity index (χ0) is 19.6. The van der Waals surface area contributed by atoms with E-state index in [1.54, 1.807) is 6.08 Å². The number of dihydropyridines is 1. The number of benzene rings is 1. The Morgan fingerprint density at radius 2 is 2.00 bits per heavy atom. The molecule has 5 rings (SSSR count). The summed E-state index contributed by atoms with van der Waals surface area (Å²) in [7, 11) is 0. The molecule has 1 amide bonds. The monoisotopic (exact) mass is 403 g/mol. The first-order valence-corrected chi connectivity index (χ1v) is 11.3. The number of amides is 1. The summed E-state index contributed by atoms with van der Waals surface area (Å²) in [5.41, 5.74) is 3.65. The Morgan fingerprint density at radius 3 is 2.90 bits per heavy atom. The number of hydrogen-bond donors (Lipinski definition) is 0. The Balaban J connectivity index is 1.13. The van der Waals surface area contributed by atoms with Crippen molar-refractivity contribution in [2.75, 3.05) is 37.6 Å². The van der Waals surface area contributed by atoms with E-state index < -0.39 is 0 Å². The van der Waals surface area contributed by atoms with Crippen LogP contribution in [-0.2, 0) is 4.79 Å². The molecule has 1 aromatic heterocycles. The molecule has 1 saturated heterocycles. The molecule has 4 nitrogen and oxygen atoms in total. The third-order valence-corrected chi connectivity index (χ3v) is 6.97. The maximum absolute atomic E-state index is 11.5. The van der Waals surface area contributed by atoms with Crippen LogP contribution >= 0.6 is 11.3 Å². The first-order valence-electron chi connectivity index (χ1n) is 10.4. The summed E-state index contributed by atoms with van der Waals surface area (Å²) in [6.45, 7) is 5.53. The molecule has 1 unspecified atom stereocenters. The average Bonchev–Trinajstić information content (AvgIpc) is 3.23. The number of piperazine rings is 1. The maximum atomic E-state index is 11.5. The molecule has 1 atom stereocenters. The van der Waals surface area contributed by atoms with Crippen molar-refractivity contribution in [3.8, 4) is 0 Å². The van der Waals surface area contributed by atoms with Gasteiger partial charge in [-0.2, -0.15) is 0 Å². The molecule has 148 valence electrons. The van der Waals surface area contributed by atoms with E-state index in [0.29, 0.717) is 0 Å². The van der Waals surface area contributed by atoms with Gasteiger partial charge in [0.1, 0.15) is 0 Å². The number of hydrogen-bond acceptors (Lipinski definition) is 4. The number of anilines is 1. The molecule has 29 heavy (non-hydrogen) atoms. The lowest BCUT2D eigenvalue weighted by Gasteiger charge is -2.36. The van der Waals surface area contributed by atoms with Gasteiger partial charge in [0.15, 0.2) is 0 Å². The average molecular weight is 404 g/mol. The highest BCUT2D eigenvalue weighted by Crippen LogP contribution is 2.31. The SMILES string of the molecule is O=C1C=CC2C(CCCN3CCN(c4cccc5sccc45)CC3)=CC=CC2=N1. The summed E-state index contributed by atoms with van der Waals surface area (Å²) < 4.78 is 1.38. The molecule has 0 radical (unpaired) electrons. The van der Waals surface area contributed by atoms with E-state index in [1.807, 2.05) is 29.6 Å². The minimum absolute atomic E-state index is 0.141. The van der Waals surface area contributed by atoms with Crippen LogP contribution in [0, 0.1) is 5.92 Å². The molecule has 1 fully saturated rings. The molecule has 0 bridgehead atoms. The van der Waals surface area contributed by atoms with Crippen molar-refractivity contribution in [1.29, 1.82) is 0 Å². The fourth-order valence-corrected chi connectivity index (χ4v) is 5.36. The minimum Gasteiger partial charge on any atom is -0.368 e. The van der Waals surface area contributed by atoms with Crippen LogP contribution in [-0.4, -0.2) is 49.2 Å². The van der Waals surface area contributed by atoms with E-state index >= 15 is 0 Å². The number of aliphatic imine (C=N–C) groups is 1. The number of thiophene rings is 1. The lowest BCUT2D eigenvalue weighted by molar-refractivity contribution is -0.113. The highest BCUT2D eigenvalue weighted by molar-refractivity contribution is 7.17. The summed E-state index contributed by atoms with van der Waals surface area (Å²) in [5, 5.41) is 3.58. The number of fused-ring (bicyclic) bond motifs is 2. The number of carbonyl (C=O) groups is 1. The van der Waals surface area contributed by atoms with Gasteiger partial charge in [0.05, 0.1) is 5.71 Å². The van der Waals surface area contributed by atoms with Gasteiger partial charge in [-0.3, -0.25) is 9.69 Å². The predicted octanol–water partition coefficient (Wildman–Crippen LogP) is 4.45. The highest BCUT2D eigenvalue weighted by Gasteiger charge is 2.23. The second-order valence-electron chi connectivity index (χ2n) is 7.85. The molecule has 1 aliphatic carbocycles. The van der Waals surface area contributed by atoms with E-state index in [9.17, 15) is 4.79 Å². The molecular formula is C24H25N3OS. The summed E-state index contributed by atoms with van der Waals surface area (Å²) in [5.74, 6) is 0.0545. The van der Waals surface area contributed by atoms with E-state index in [1.165, 1.54) is 21.3 Å². The van der Waals surface area contributed by atoms with Crippen molar-refractivity contribution in [2.45, 2.75) is 12.8 Å². The summed E-state index contributed by atoms with van der Waals surface area (Å²) in [6.07, 6.45) is 12.0. The van der Waals surface area contributed by atoms with Crippen LogP contribution in [0.3, 0.4) is 0 Å². The fourth-order valence-electron chi connectivity index (χ4n) is 4.55. The quantitative estimate of drug-likeness (QED) is 0.740. The van der Waals surface area contributed by atoms with Crippen molar-refractivity contribution in [1.82, 2.24) is 4.90 Å². The lowest BCUT2D eigenvalue weighted by atomic mass is 9.85. The number of nitrogens with zero attached hydrogens (tertiary/aromatic N) is 3. The van der Waals surface area contributed by atoms with Gasteiger partial charge in [-0.15, -0.1) is 11.3 Å². The topological polar surface area (TPSA) is 35.9 Å². The smallest absolute Gasteiger partial charge is 0.269 e. The van der Waals surface area contributed by atoms with Crippen LogP contribution < -0.4 is 4.90 Å². The van der Waals surface area contributed by atoms with Gasteiger partial charge < -0.3 is 4.90 Å². The zero-order valence-electron chi connectivity index (χ0n) is 16.5. The number of allylic oxidation sites excluding steroid dienone is 5. The van der Waals surface area contributed by atoms with Gasteiger partial charge in [-0.1, -0.05) is 29.9 Å². The first-order chi connectivity index (χ1) is 14.3. The molecule has 5 heteroatoms. The second-order valence-corrected chi connectivity index (χ2v) is 8.80.